The van der Waals surface area contributed by atoms with Gasteiger partial charge in [-0.1, -0.05) is 53.5 Å². The maximum Gasteiger partial charge on any atom is 0.339 e. The summed E-state index contributed by atoms with van der Waals surface area (Å²) in [6.45, 7) is 1.89. The average molecular weight is 494 g/mol. The summed E-state index contributed by atoms with van der Waals surface area (Å²) in [6, 6.07) is 20.5. The molecule has 0 aliphatic heterocycles. The van der Waals surface area contributed by atoms with Crippen molar-refractivity contribution in [3.05, 3.63) is 99.0 Å². The van der Waals surface area contributed by atoms with Crippen molar-refractivity contribution in [3.63, 3.8) is 0 Å². The number of carbonyl (C=O) groups is 1. The summed E-state index contributed by atoms with van der Waals surface area (Å²) < 4.78 is 7.42. The molecule has 164 valence electrons. The van der Waals surface area contributed by atoms with Crippen LogP contribution in [0.1, 0.15) is 21.6 Å². The third kappa shape index (κ3) is 4.25. The first-order valence-electron chi connectivity index (χ1n) is 10.1. The monoisotopic (exact) mass is 493 g/mol. The Hall–Kier alpha value is -3.19. The molecule has 0 unspecified atom stereocenters. The third-order valence-electron chi connectivity index (χ3n) is 5.18. The first-order chi connectivity index (χ1) is 16.0. The van der Waals surface area contributed by atoms with Gasteiger partial charge in [0, 0.05) is 15.6 Å². The van der Waals surface area contributed by atoms with Crippen molar-refractivity contribution in [3.8, 4) is 16.3 Å². The summed E-state index contributed by atoms with van der Waals surface area (Å²) in [5, 5.41) is 8.28. The topological polar surface area (TPSA) is 57.0 Å². The van der Waals surface area contributed by atoms with Gasteiger partial charge in [-0.2, -0.15) is 5.10 Å². The van der Waals surface area contributed by atoms with Gasteiger partial charge >= 0.3 is 5.97 Å². The molecule has 0 aliphatic carbocycles. The minimum atomic E-state index is -0.470. The van der Waals surface area contributed by atoms with E-state index in [-0.39, 0.29) is 6.61 Å². The summed E-state index contributed by atoms with van der Waals surface area (Å²) in [4.78, 5) is 19.1. The van der Waals surface area contributed by atoms with Crippen LogP contribution in [0.15, 0.2) is 72.1 Å². The first kappa shape index (κ1) is 21.6. The van der Waals surface area contributed by atoms with Crippen molar-refractivity contribution in [1.29, 1.82) is 0 Å². The van der Waals surface area contributed by atoms with E-state index >= 15 is 0 Å². The number of halogens is 2. The molecule has 5 aromatic rings. The lowest BCUT2D eigenvalue weighted by Crippen LogP contribution is -2.08. The smallest absolute Gasteiger partial charge is 0.339 e. The van der Waals surface area contributed by atoms with E-state index in [1.54, 1.807) is 40.3 Å². The lowest BCUT2D eigenvalue weighted by molar-refractivity contribution is 0.0475. The van der Waals surface area contributed by atoms with Crippen LogP contribution in [0.5, 0.6) is 0 Å². The highest BCUT2D eigenvalue weighted by atomic mass is 35.5. The second kappa shape index (κ2) is 8.98. The van der Waals surface area contributed by atoms with Crippen LogP contribution in [0, 0.1) is 6.92 Å². The van der Waals surface area contributed by atoms with Crippen LogP contribution in [-0.2, 0) is 11.3 Å². The Morgan fingerprint density at radius 3 is 2.61 bits per heavy atom. The molecule has 33 heavy (non-hydrogen) atoms. The van der Waals surface area contributed by atoms with E-state index < -0.39 is 5.97 Å². The van der Waals surface area contributed by atoms with Crippen LogP contribution in [-0.4, -0.2) is 20.7 Å². The number of rotatable bonds is 5. The third-order valence-corrected chi connectivity index (χ3v) is 6.66. The van der Waals surface area contributed by atoms with Crippen LogP contribution in [0.2, 0.25) is 10.0 Å². The van der Waals surface area contributed by atoms with Gasteiger partial charge in [0.1, 0.15) is 6.61 Å². The normalized spacial score (nSPS) is 11.1. The Morgan fingerprint density at radius 1 is 1.06 bits per heavy atom. The number of ether oxygens (including phenoxy) is 1. The van der Waals surface area contributed by atoms with Gasteiger partial charge < -0.3 is 4.74 Å². The highest BCUT2D eigenvalue weighted by Gasteiger charge is 2.22. The Labute approximate surface area is 204 Å². The molecular weight excluding hydrogens is 477 g/mol. The number of nitrogens with zero attached hydrogens (tertiary/aromatic N) is 3. The number of aryl methyl sites for hydroxylation is 1. The summed E-state index contributed by atoms with van der Waals surface area (Å²) in [6.07, 6.45) is 0. The highest BCUT2D eigenvalue weighted by molar-refractivity contribution is 7.13. The van der Waals surface area contributed by atoms with Crippen molar-refractivity contribution in [1.82, 2.24) is 14.8 Å². The zero-order valence-corrected chi connectivity index (χ0v) is 19.8. The first-order valence-corrected chi connectivity index (χ1v) is 11.8. The molecule has 0 saturated carbocycles. The number of aromatic nitrogens is 3. The summed E-state index contributed by atoms with van der Waals surface area (Å²) in [5.74, 6) is -0.470. The SMILES string of the molecule is Cc1nn(-c2ccccc2)c2nc(-c3cccs3)cc(C(=O)OCc3ccc(Cl)cc3Cl)c12. The van der Waals surface area contributed by atoms with E-state index in [1.165, 1.54) is 0 Å². The molecule has 0 saturated heterocycles. The van der Waals surface area contributed by atoms with E-state index in [0.29, 0.717) is 43.6 Å². The van der Waals surface area contributed by atoms with Crippen LogP contribution < -0.4 is 0 Å². The molecule has 0 fully saturated rings. The molecule has 5 nitrogen and oxygen atoms in total. The van der Waals surface area contributed by atoms with Gasteiger partial charge in [-0.05, 0) is 48.7 Å². The molecule has 0 bridgehead atoms. The predicted molar refractivity (Wildman–Crippen MR) is 132 cm³/mol. The van der Waals surface area contributed by atoms with E-state index in [9.17, 15) is 4.79 Å². The number of esters is 1. The molecule has 0 amide bonds. The van der Waals surface area contributed by atoms with Crippen molar-refractivity contribution in [2.75, 3.05) is 0 Å². The summed E-state index contributed by atoms with van der Waals surface area (Å²) >= 11 is 13.8. The maximum atomic E-state index is 13.3. The molecule has 3 aromatic heterocycles. The number of carbonyl (C=O) groups excluding carboxylic acids is 1. The average Bonchev–Trinajstić information content (AvgIpc) is 3.47. The molecule has 8 heteroatoms. The number of thiophene rings is 1. The van der Waals surface area contributed by atoms with Crippen molar-refractivity contribution in [2.24, 2.45) is 0 Å². The number of para-hydroxylation sites is 1. The predicted octanol–water partition coefficient (Wildman–Crippen LogP) is 7.12. The largest absolute Gasteiger partial charge is 0.457 e. The van der Waals surface area contributed by atoms with Gasteiger partial charge in [0.25, 0.3) is 0 Å². The Morgan fingerprint density at radius 2 is 1.88 bits per heavy atom. The van der Waals surface area contributed by atoms with Gasteiger partial charge in [-0.25, -0.2) is 14.5 Å². The van der Waals surface area contributed by atoms with Crippen molar-refractivity contribution in [2.45, 2.75) is 13.5 Å². The summed E-state index contributed by atoms with van der Waals surface area (Å²) in [7, 11) is 0. The van der Waals surface area contributed by atoms with Crippen molar-refractivity contribution >= 4 is 51.5 Å². The van der Waals surface area contributed by atoms with Crippen LogP contribution in [0.25, 0.3) is 27.3 Å². The zero-order valence-electron chi connectivity index (χ0n) is 17.5. The molecule has 5 rings (SSSR count). The fourth-order valence-corrected chi connectivity index (χ4v) is 4.76. The minimum absolute atomic E-state index is 0.0266. The maximum absolute atomic E-state index is 13.3. The molecular formula is C25H17Cl2N3O2S. The standard InChI is InChI=1S/C25H17Cl2N3O2S/c1-15-23-19(25(31)32-14-16-9-10-17(26)12-20(16)27)13-21(22-8-5-11-33-22)28-24(23)30(29-15)18-6-3-2-4-7-18/h2-13H,14H2,1H3. The molecule has 0 spiro atoms. The Kier molecular flexibility index (Phi) is 5.89. The minimum Gasteiger partial charge on any atom is -0.457 e. The van der Waals surface area contributed by atoms with Crippen molar-refractivity contribution < 1.29 is 9.53 Å². The lowest BCUT2D eigenvalue weighted by Gasteiger charge is -2.10. The fraction of sp³-hybridized carbons (Fsp3) is 0.0800. The van der Waals surface area contributed by atoms with Crippen LogP contribution in [0.4, 0.5) is 0 Å². The molecule has 0 N–H and O–H groups in total. The van der Waals surface area contributed by atoms with Gasteiger partial charge in [0.05, 0.1) is 32.9 Å². The van der Waals surface area contributed by atoms with E-state index in [4.69, 9.17) is 32.9 Å². The van der Waals surface area contributed by atoms with Gasteiger partial charge in [0.2, 0.25) is 0 Å². The molecule has 3 heterocycles. The summed E-state index contributed by atoms with van der Waals surface area (Å²) in [5.41, 5.74) is 3.92. The molecule has 0 atom stereocenters. The number of fused-ring (bicyclic) bond motifs is 1. The van der Waals surface area contributed by atoms with Crippen LogP contribution in [0.3, 0.4) is 0 Å². The Bertz CT molecular complexity index is 1460. The van der Waals surface area contributed by atoms with E-state index in [1.807, 2.05) is 54.8 Å². The van der Waals surface area contributed by atoms with Crippen LogP contribution >= 0.6 is 34.5 Å². The highest BCUT2D eigenvalue weighted by Crippen LogP contribution is 2.31. The zero-order chi connectivity index (χ0) is 22.9. The van der Waals surface area contributed by atoms with Gasteiger partial charge in [0.15, 0.2) is 5.65 Å². The van der Waals surface area contributed by atoms with Gasteiger partial charge in [-0.3, -0.25) is 0 Å². The quantitative estimate of drug-likeness (QED) is 0.244. The number of pyridine rings is 1. The number of hydrogen-bond acceptors (Lipinski definition) is 5. The molecule has 2 aromatic carbocycles. The Balaban J connectivity index is 1.61. The molecule has 0 aliphatic rings. The number of benzene rings is 2. The lowest BCUT2D eigenvalue weighted by atomic mass is 10.1. The second-order valence-corrected chi connectivity index (χ2v) is 9.17. The second-order valence-electron chi connectivity index (χ2n) is 7.38. The number of hydrogen-bond donors (Lipinski definition) is 0. The molecule has 0 radical (unpaired) electrons. The van der Waals surface area contributed by atoms with Gasteiger partial charge in [-0.15, -0.1) is 11.3 Å². The van der Waals surface area contributed by atoms with E-state index in [0.717, 1.165) is 10.6 Å². The fourth-order valence-electron chi connectivity index (χ4n) is 3.61. The van der Waals surface area contributed by atoms with E-state index in [2.05, 4.69) is 5.10 Å².